The number of thiazole rings is 1. The number of hydrazine groups is 1. The molecule has 3 aromatic rings. The van der Waals surface area contributed by atoms with Crippen LogP contribution < -0.4 is 10.3 Å². The fraction of sp³-hybridized carbons (Fsp3) is 0.357. The number of imide groups is 1. The number of aryl methyl sites for hydroxylation is 1. The second kappa shape index (κ2) is 11.6. The summed E-state index contributed by atoms with van der Waals surface area (Å²) in [5, 5.41) is 1.26. The van der Waals surface area contributed by atoms with Gasteiger partial charge in [0.05, 0.1) is 5.69 Å². The number of ether oxygens (including phenoxy) is 2. The van der Waals surface area contributed by atoms with Crippen molar-refractivity contribution in [3.63, 3.8) is 0 Å². The van der Waals surface area contributed by atoms with Gasteiger partial charge in [-0.25, -0.2) is 14.6 Å². The van der Waals surface area contributed by atoms with Crippen LogP contribution in [-0.2, 0) is 9.47 Å². The Morgan fingerprint density at radius 1 is 0.923 bits per heavy atom. The summed E-state index contributed by atoms with van der Waals surface area (Å²) >= 11 is 7.29. The molecule has 39 heavy (non-hydrogen) atoms. The molecule has 2 aromatic carbocycles. The van der Waals surface area contributed by atoms with Crippen LogP contribution in [0, 0.1) is 6.92 Å². The molecule has 208 valence electrons. The molecule has 0 aliphatic heterocycles. The van der Waals surface area contributed by atoms with E-state index in [0.717, 1.165) is 16.9 Å². The van der Waals surface area contributed by atoms with Crippen LogP contribution in [0.25, 0.3) is 11.3 Å². The summed E-state index contributed by atoms with van der Waals surface area (Å²) < 4.78 is 10.8. The maximum absolute atomic E-state index is 13.7. The minimum Gasteiger partial charge on any atom is -0.442 e. The lowest BCUT2D eigenvalue weighted by Crippen LogP contribution is -2.46. The molecule has 1 N–H and O–H groups in total. The van der Waals surface area contributed by atoms with Gasteiger partial charge in [-0.1, -0.05) is 59.3 Å². The van der Waals surface area contributed by atoms with Gasteiger partial charge in [0.1, 0.15) is 16.1 Å². The predicted molar refractivity (Wildman–Crippen MR) is 154 cm³/mol. The standard InChI is InChI=1S/C28H33ClN4O5S/c1-17-14-15-19(16-20(17)29)32(8)23(34)22-21(18-12-10-9-11-13-18)30-24(39-22)31-33(25(35)37-27(2,3)4)26(36)38-28(5,6)7/h9-16H,1-8H3,(H,30,31). The molecule has 0 fully saturated rings. The maximum Gasteiger partial charge on any atom is 0.439 e. The van der Waals surface area contributed by atoms with Gasteiger partial charge in [-0.15, -0.1) is 5.01 Å². The Morgan fingerprint density at radius 3 is 2.00 bits per heavy atom. The number of carbonyl (C=O) groups is 3. The van der Waals surface area contributed by atoms with E-state index in [0.29, 0.717) is 27.0 Å². The SMILES string of the molecule is Cc1ccc(N(C)C(=O)c2sc(NN(C(=O)OC(C)(C)C)C(=O)OC(C)(C)C)nc2-c2ccccc2)cc1Cl. The van der Waals surface area contributed by atoms with E-state index in [4.69, 9.17) is 21.1 Å². The van der Waals surface area contributed by atoms with Gasteiger partial charge in [-0.3, -0.25) is 10.2 Å². The van der Waals surface area contributed by atoms with E-state index in [1.807, 2.05) is 43.3 Å². The molecule has 11 heteroatoms. The molecule has 0 saturated carbocycles. The zero-order valence-corrected chi connectivity index (χ0v) is 24.9. The molecule has 0 saturated heterocycles. The fourth-order valence-corrected chi connectivity index (χ4v) is 4.37. The lowest BCUT2D eigenvalue weighted by Gasteiger charge is -2.28. The minimum absolute atomic E-state index is 0.115. The summed E-state index contributed by atoms with van der Waals surface area (Å²) in [6, 6.07) is 14.5. The number of benzene rings is 2. The molecule has 9 nitrogen and oxygen atoms in total. The lowest BCUT2D eigenvalue weighted by atomic mass is 10.1. The zero-order valence-electron chi connectivity index (χ0n) is 23.3. The third kappa shape index (κ3) is 7.93. The first-order valence-corrected chi connectivity index (χ1v) is 13.4. The number of nitrogens with one attached hydrogen (secondary N) is 1. The van der Waals surface area contributed by atoms with Crippen LogP contribution in [0.3, 0.4) is 0 Å². The third-order valence-corrected chi connectivity index (χ3v) is 6.43. The summed E-state index contributed by atoms with van der Waals surface area (Å²) in [4.78, 5) is 46.0. The smallest absolute Gasteiger partial charge is 0.439 e. The highest BCUT2D eigenvalue weighted by atomic mass is 35.5. The molecule has 0 aliphatic rings. The molecule has 3 rings (SSSR count). The monoisotopic (exact) mass is 572 g/mol. The molecule has 0 atom stereocenters. The van der Waals surface area contributed by atoms with E-state index >= 15 is 0 Å². The fourth-order valence-electron chi connectivity index (χ4n) is 3.24. The lowest BCUT2D eigenvalue weighted by molar-refractivity contribution is 0.00640. The highest BCUT2D eigenvalue weighted by Crippen LogP contribution is 2.34. The van der Waals surface area contributed by atoms with Gasteiger partial charge >= 0.3 is 12.2 Å². The average molecular weight is 573 g/mol. The first-order chi connectivity index (χ1) is 18.1. The number of hydrogen-bond acceptors (Lipinski definition) is 8. The third-order valence-electron chi connectivity index (χ3n) is 5.08. The Morgan fingerprint density at radius 2 is 1.49 bits per heavy atom. The molecule has 0 aliphatic carbocycles. The number of rotatable bonds is 5. The summed E-state index contributed by atoms with van der Waals surface area (Å²) in [6.45, 7) is 12.0. The van der Waals surface area contributed by atoms with Crippen LogP contribution in [0.1, 0.15) is 56.8 Å². The van der Waals surface area contributed by atoms with E-state index in [2.05, 4.69) is 10.4 Å². The van der Waals surface area contributed by atoms with Gasteiger partial charge in [0.15, 0.2) is 0 Å². The van der Waals surface area contributed by atoms with E-state index < -0.39 is 23.4 Å². The van der Waals surface area contributed by atoms with Crippen LogP contribution in [0.5, 0.6) is 0 Å². The first kappa shape index (κ1) is 29.9. The summed E-state index contributed by atoms with van der Waals surface area (Å²) in [7, 11) is 1.64. The van der Waals surface area contributed by atoms with Gasteiger partial charge in [0.2, 0.25) is 5.13 Å². The van der Waals surface area contributed by atoms with Crippen molar-refractivity contribution in [1.82, 2.24) is 9.99 Å². The highest BCUT2D eigenvalue weighted by Gasteiger charge is 2.33. The van der Waals surface area contributed by atoms with Crippen molar-refractivity contribution in [2.45, 2.75) is 59.7 Å². The van der Waals surface area contributed by atoms with Crippen molar-refractivity contribution in [1.29, 1.82) is 0 Å². The van der Waals surface area contributed by atoms with Crippen molar-refractivity contribution in [3.8, 4) is 11.3 Å². The Kier molecular flexibility index (Phi) is 8.92. The summed E-state index contributed by atoms with van der Waals surface area (Å²) in [5.74, 6) is -0.347. The van der Waals surface area contributed by atoms with Crippen molar-refractivity contribution in [3.05, 3.63) is 64.0 Å². The van der Waals surface area contributed by atoms with Gasteiger partial charge in [0.25, 0.3) is 5.91 Å². The molecule has 0 radical (unpaired) electrons. The molecular weight excluding hydrogens is 540 g/mol. The van der Waals surface area contributed by atoms with E-state index in [9.17, 15) is 14.4 Å². The predicted octanol–water partition coefficient (Wildman–Crippen LogP) is 7.55. The topological polar surface area (TPSA) is 101 Å². The summed E-state index contributed by atoms with van der Waals surface area (Å²) in [6.07, 6.45) is -1.96. The van der Waals surface area contributed by atoms with Gasteiger partial charge in [-0.05, 0) is 66.2 Å². The highest BCUT2D eigenvalue weighted by molar-refractivity contribution is 7.18. The second-order valence-electron chi connectivity index (χ2n) is 10.8. The number of hydrogen-bond donors (Lipinski definition) is 1. The Balaban J connectivity index is 2.04. The van der Waals surface area contributed by atoms with Crippen molar-refractivity contribution in [2.75, 3.05) is 17.4 Å². The largest absolute Gasteiger partial charge is 0.442 e. The number of halogens is 1. The number of anilines is 2. The van der Waals surface area contributed by atoms with Gasteiger partial charge in [0, 0.05) is 23.3 Å². The van der Waals surface area contributed by atoms with Crippen molar-refractivity contribution < 1.29 is 23.9 Å². The molecule has 0 unspecified atom stereocenters. The molecule has 3 amide bonds. The van der Waals surface area contributed by atoms with Crippen LogP contribution >= 0.6 is 22.9 Å². The number of aromatic nitrogens is 1. The van der Waals surface area contributed by atoms with Crippen molar-refractivity contribution in [2.24, 2.45) is 0 Å². The number of nitrogens with zero attached hydrogens (tertiary/aromatic N) is 3. The van der Waals surface area contributed by atoms with Crippen LogP contribution in [0.2, 0.25) is 5.02 Å². The molecule has 1 heterocycles. The molecule has 1 aromatic heterocycles. The van der Waals surface area contributed by atoms with E-state index in [-0.39, 0.29) is 15.9 Å². The Hall–Kier alpha value is -3.63. The van der Waals surface area contributed by atoms with Crippen LogP contribution in [-0.4, -0.2) is 46.3 Å². The van der Waals surface area contributed by atoms with Gasteiger partial charge < -0.3 is 14.4 Å². The van der Waals surface area contributed by atoms with E-state index in [1.54, 1.807) is 60.7 Å². The normalized spacial score (nSPS) is 11.5. The first-order valence-electron chi connectivity index (χ1n) is 12.2. The molecule has 0 bridgehead atoms. The molecular formula is C28H33ClN4O5S. The Bertz CT molecular complexity index is 1330. The van der Waals surface area contributed by atoms with Crippen LogP contribution in [0.4, 0.5) is 20.4 Å². The Labute approximate surface area is 237 Å². The van der Waals surface area contributed by atoms with Crippen LogP contribution in [0.15, 0.2) is 48.5 Å². The second-order valence-corrected chi connectivity index (χ2v) is 12.2. The van der Waals surface area contributed by atoms with Crippen molar-refractivity contribution >= 4 is 51.9 Å². The summed E-state index contributed by atoms with van der Waals surface area (Å²) in [5.41, 5.74) is 3.50. The maximum atomic E-state index is 13.7. The van der Waals surface area contributed by atoms with E-state index in [1.165, 1.54) is 4.90 Å². The average Bonchev–Trinajstić information content (AvgIpc) is 3.25. The van der Waals surface area contributed by atoms with Gasteiger partial charge in [-0.2, -0.15) is 0 Å². The zero-order chi connectivity index (χ0) is 29.1. The molecule has 0 spiro atoms. The number of carbonyl (C=O) groups excluding carboxylic acids is 3. The number of amides is 3. The quantitative estimate of drug-likeness (QED) is 0.315. The minimum atomic E-state index is -0.979.